The van der Waals surface area contributed by atoms with Crippen molar-refractivity contribution >= 4 is 5.91 Å². The SMILES string of the molecule is N#CCCN(C(=O)C1C2CCCC21)C1CC1. The van der Waals surface area contributed by atoms with Gasteiger partial charge < -0.3 is 4.90 Å². The second-order valence-corrected chi connectivity index (χ2v) is 5.46. The van der Waals surface area contributed by atoms with Gasteiger partial charge in [0.1, 0.15) is 0 Å². The molecule has 3 rings (SSSR count). The van der Waals surface area contributed by atoms with Crippen LogP contribution in [0, 0.1) is 29.1 Å². The molecule has 3 nitrogen and oxygen atoms in total. The molecule has 0 spiro atoms. The van der Waals surface area contributed by atoms with Gasteiger partial charge in [0.05, 0.1) is 12.5 Å². The minimum Gasteiger partial charge on any atom is -0.338 e. The molecule has 86 valence electrons. The van der Waals surface area contributed by atoms with Crippen LogP contribution in [0.5, 0.6) is 0 Å². The van der Waals surface area contributed by atoms with Gasteiger partial charge in [-0.15, -0.1) is 0 Å². The van der Waals surface area contributed by atoms with E-state index in [2.05, 4.69) is 6.07 Å². The molecule has 1 amide bonds. The van der Waals surface area contributed by atoms with Crippen LogP contribution in [-0.4, -0.2) is 23.4 Å². The van der Waals surface area contributed by atoms with Crippen molar-refractivity contribution in [2.24, 2.45) is 17.8 Å². The van der Waals surface area contributed by atoms with Crippen molar-refractivity contribution in [1.29, 1.82) is 5.26 Å². The molecule has 3 fully saturated rings. The fourth-order valence-corrected chi connectivity index (χ4v) is 3.41. The van der Waals surface area contributed by atoms with Crippen molar-refractivity contribution in [2.75, 3.05) is 6.54 Å². The molecule has 0 saturated heterocycles. The highest BCUT2D eigenvalue weighted by molar-refractivity contribution is 5.83. The number of carbonyl (C=O) groups is 1. The standard InChI is InChI=1S/C13H18N2O/c14-7-2-8-15(9-5-6-9)13(16)12-10-3-1-4-11(10)12/h9-12H,1-6,8H2. The van der Waals surface area contributed by atoms with Gasteiger partial charge in [-0.2, -0.15) is 5.26 Å². The maximum atomic E-state index is 12.3. The van der Waals surface area contributed by atoms with E-state index in [1.807, 2.05) is 4.90 Å². The largest absolute Gasteiger partial charge is 0.338 e. The van der Waals surface area contributed by atoms with Gasteiger partial charge in [0.2, 0.25) is 5.91 Å². The number of amides is 1. The predicted molar refractivity (Wildman–Crippen MR) is 59.3 cm³/mol. The second-order valence-electron chi connectivity index (χ2n) is 5.46. The van der Waals surface area contributed by atoms with Gasteiger partial charge in [0.15, 0.2) is 0 Å². The Balaban J connectivity index is 1.61. The summed E-state index contributed by atoms with van der Waals surface area (Å²) in [6, 6.07) is 2.63. The number of nitriles is 1. The fourth-order valence-electron chi connectivity index (χ4n) is 3.41. The molecule has 0 aromatic carbocycles. The van der Waals surface area contributed by atoms with Crippen LogP contribution in [0.4, 0.5) is 0 Å². The molecule has 0 bridgehead atoms. The molecule has 0 aliphatic heterocycles. The van der Waals surface area contributed by atoms with Gasteiger partial charge in [-0.1, -0.05) is 6.42 Å². The van der Waals surface area contributed by atoms with E-state index in [-0.39, 0.29) is 0 Å². The second kappa shape index (κ2) is 3.76. The first-order valence-electron chi connectivity index (χ1n) is 6.50. The number of carbonyl (C=O) groups excluding carboxylic acids is 1. The van der Waals surface area contributed by atoms with Gasteiger partial charge in [0, 0.05) is 18.5 Å². The maximum absolute atomic E-state index is 12.3. The third-order valence-corrected chi connectivity index (χ3v) is 4.43. The summed E-state index contributed by atoms with van der Waals surface area (Å²) in [5.41, 5.74) is 0. The van der Waals surface area contributed by atoms with E-state index in [0.29, 0.717) is 42.7 Å². The lowest BCUT2D eigenvalue weighted by Crippen LogP contribution is -2.36. The van der Waals surface area contributed by atoms with E-state index >= 15 is 0 Å². The van der Waals surface area contributed by atoms with Crippen molar-refractivity contribution in [2.45, 2.75) is 44.6 Å². The molecule has 3 aliphatic rings. The van der Waals surface area contributed by atoms with Crippen molar-refractivity contribution in [3.05, 3.63) is 0 Å². The van der Waals surface area contributed by atoms with Crippen molar-refractivity contribution in [3.8, 4) is 6.07 Å². The third-order valence-electron chi connectivity index (χ3n) is 4.43. The lowest BCUT2D eigenvalue weighted by Gasteiger charge is -2.22. The zero-order chi connectivity index (χ0) is 11.1. The quantitative estimate of drug-likeness (QED) is 0.723. The van der Waals surface area contributed by atoms with E-state index in [0.717, 1.165) is 12.8 Å². The Bertz CT molecular complexity index is 332. The van der Waals surface area contributed by atoms with Crippen LogP contribution in [0.3, 0.4) is 0 Å². The lowest BCUT2D eigenvalue weighted by molar-refractivity contribution is -0.133. The molecule has 3 aliphatic carbocycles. The molecule has 3 heteroatoms. The van der Waals surface area contributed by atoms with Crippen LogP contribution in [0.1, 0.15) is 38.5 Å². The average molecular weight is 218 g/mol. The van der Waals surface area contributed by atoms with Crippen molar-refractivity contribution in [1.82, 2.24) is 4.90 Å². The number of hydrogen-bond acceptors (Lipinski definition) is 2. The van der Waals surface area contributed by atoms with Crippen LogP contribution in [0.15, 0.2) is 0 Å². The Morgan fingerprint density at radius 2 is 1.94 bits per heavy atom. The van der Waals surface area contributed by atoms with Crippen molar-refractivity contribution in [3.63, 3.8) is 0 Å². The first-order chi connectivity index (χ1) is 7.83. The van der Waals surface area contributed by atoms with E-state index in [9.17, 15) is 4.79 Å². The van der Waals surface area contributed by atoms with E-state index in [1.54, 1.807) is 0 Å². The normalized spacial score (nSPS) is 35.3. The topological polar surface area (TPSA) is 44.1 Å². The van der Waals surface area contributed by atoms with Crippen LogP contribution < -0.4 is 0 Å². The summed E-state index contributed by atoms with van der Waals surface area (Å²) in [5.74, 6) is 2.12. The van der Waals surface area contributed by atoms with E-state index in [1.165, 1.54) is 19.3 Å². The van der Waals surface area contributed by atoms with Gasteiger partial charge in [0.25, 0.3) is 0 Å². The number of hydrogen-bond donors (Lipinski definition) is 0. The Kier molecular flexibility index (Phi) is 2.38. The van der Waals surface area contributed by atoms with Gasteiger partial charge in [-0.3, -0.25) is 4.79 Å². The third kappa shape index (κ3) is 1.61. The highest BCUT2D eigenvalue weighted by atomic mass is 16.2. The summed E-state index contributed by atoms with van der Waals surface area (Å²) < 4.78 is 0. The van der Waals surface area contributed by atoms with E-state index in [4.69, 9.17) is 5.26 Å². The average Bonchev–Trinajstić information content (AvgIpc) is 3.19. The minimum absolute atomic E-state index is 0.341. The summed E-state index contributed by atoms with van der Waals surface area (Å²) in [7, 11) is 0. The summed E-state index contributed by atoms with van der Waals surface area (Å²) in [6.07, 6.45) is 6.64. The molecule has 0 N–H and O–H groups in total. The smallest absolute Gasteiger partial charge is 0.226 e. The van der Waals surface area contributed by atoms with Crippen LogP contribution in [-0.2, 0) is 4.79 Å². The summed E-state index contributed by atoms with van der Waals surface area (Å²) >= 11 is 0. The predicted octanol–water partition coefficient (Wildman–Crippen LogP) is 1.94. The Morgan fingerprint density at radius 1 is 1.25 bits per heavy atom. The van der Waals surface area contributed by atoms with Crippen LogP contribution in [0.25, 0.3) is 0 Å². The van der Waals surface area contributed by atoms with Crippen molar-refractivity contribution < 1.29 is 4.79 Å². The molecule has 0 radical (unpaired) electrons. The molecule has 2 atom stereocenters. The molecule has 0 aromatic heterocycles. The van der Waals surface area contributed by atoms with Crippen LogP contribution in [0.2, 0.25) is 0 Å². The molecule has 3 saturated carbocycles. The molecule has 16 heavy (non-hydrogen) atoms. The van der Waals surface area contributed by atoms with Gasteiger partial charge in [-0.05, 0) is 37.5 Å². The Morgan fingerprint density at radius 3 is 2.50 bits per heavy atom. The number of rotatable bonds is 4. The van der Waals surface area contributed by atoms with E-state index < -0.39 is 0 Å². The number of fused-ring (bicyclic) bond motifs is 1. The highest BCUT2D eigenvalue weighted by Gasteiger charge is 2.58. The molecule has 0 aromatic rings. The maximum Gasteiger partial charge on any atom is 0.226 e. The molecule has 2 unspecified atom stereocenters. The highest BCUT2D eigenvalue weighted by Crippen LogP contribution is 2.58. The first kappa shape index (κ1) is 10.1. The van der Waals surface area contributed by atoms with Crippen LogP contribution >= 0.6 is 0 Å². The zero-order valence-corrected chi connectivity index (χ0v) is 9.56. The fraction of sp³-hybridized carbons (Fsp3) is 0.846. The summed E-state index contributed by atoms with van der Waals surface area (Å²) in [5, 5.41) is 8.63. The summed E-state index contributed by atoms with van der Waals surface area (Å²) in [4.78, 5) is 14.3. The first-order valence-corrected chi connectivity index (χ1v) is 6.50. The summed E-state index contributed by atoms with van der Waals surface area (Å²) in [6.45, 7) is 0.663. The minimum atomic E-state index is 0.341. The zero-order valence-electron chi connectivity index (χ0n) is 9.56. The van der Waals surface area contributed by atoms with Gasteiger partial charge in [-0.25, -0.2) is 0 Å². The lowest BCUT2D eigenvalue weighted by atomic mass is 10.1. The number of nitrogens with zero attached hydrogens (tertiary/aromatic N) is 2. The molecule has 0 heterocycles. The van der Waals surface area contributed by atoms with Gasteiger partial charge >= 0.3 is 0 Å². The molecular weight excluding hydrogens is 200 g/mol. The Labute approximate surface area is 96.4 Å². The Hall–Kier alpha value is -1.04. The molecular formula is C13H18N2O. The monoisotopic (exact) mass is 218 g/mol.